The second-order valence-corrected chi connectivity index (χ2v) is 5.28. The first-order valence-electron chi connectivity index (χ1n) is 6.16. The SMILES string of the molecule is CC1C=NC(NCCNC(=O)OC(C)(C)C)=NC1. The van der Waals surface area contributed by atoms with E-state index in [0.29, 0.717) is 25.0 Å². The summed E-state index contributed by atoms with van der Waals surface area (Å²) in [6, 6.07) is 0. The number of aliphatic imine (C=N–C) groups is 2. The number of amides is 1. The average molecular weight is 254 g/mol. The third-order valence-corrected chi connectivity index (χ3v) is 2.06. The number of hydrogen-bond donors (Lipinski definition) is 2. The molecular weight excluding hydrogens is 232 g/mol. The van der Waals surface area contributed by atoms with Gasteiger partial charge in [0.25, 0.3) is 0 Å². The van der Waals surface area contributed by atoms with E-state index in [9.17, 15) is 4.79 Å². The molecule has 0 aromatic carbocycles. The first kappa shape index (κ1) is 14.5. The Balaban J connectivity index is 2.12. The van der Waals surface area contributed by atoms with Crippen LogP contribution in [0.15, 0.2) is 9.98 Å². The Morgan fingerprint density at radius 2 is 2.22 bits per heavy atom. The van der Waals surface area contributed by atoms with Crippen molar-refractivity contribution in [3.63, 3.8) is 0 Å². The molecular formula is C12H22N4O2. The molecule has 2 N–H and O–H groups in total. The molecule has 1 heterocycles. The van der Waals surface area contributed by atoms with Crippen LogP contribution in [0.4, 0.5) is 4.79 Å². The number of hydrogen-bond acceptors (Lipinski definition) is 5. The van der Waals surface area contributed by atoms with Crippen molar-refractivity contribution in [2.75, 3.05) is 19.6 Å². The van der Waals surface area contributed by atoms with E-state index >= 15 is 0 Å². The lowest BCUT2D eigenvalue weighted by molar-refractivity contribution is 0.0529. The molecule has 0 radical (unpaired) electrons. The molecule has 0 fully saturated rings. The fourth-order valence-corrected chi connectivity index (χ4v) is 1.27. The van der Waals surface area contributed by atoms with Crippen molar-refractivity contribution >= 4 is 18.3 Å². The Kier molecular flexibility index (Phi) is 5.12. The van der Waals surface area contributed by atoms with E-state index in [0.717, 1.165) is 6.54 Å². The fraction of sp³-hybridized carbons (Fsp3) is 0.750. The molecule has 1 rings (SSSR count). The van der Waals surface area contributed by atoms with Crippen molar-refractivity contribution in [2.45, 2.75) is 33.3 Å². The van der Waals surface area contributed by atoms with Gasteiger partial charge >= 0.3 is 6.09 Å². The summed E-state index contributed by atoms with van der Waals surface area (Å²) >= 11 is 0. The van der Waals surface area contributed by atoms with Crippen LogP contribution < -0.4 is 10.6 Å². The van der Waals surface area contributed by atoms with Gasteiger partial charge in [0.05, 0.1) is 6.54 Å². The maximum atomic E-state index is 11.3. The molecule has 0 spiro atoms. The van der Waals surface area contributed by atoms with Gasteiger partial charge in [0.1, 0.15) is 5.60 Å². The number of ether oxygens (including phenoxy) is 1. The molecule has 0 bridgehead atoms. The summed E-state index contributed by atoms with van der Waals surface area (Å²) in [4.78, 5) is 19.7. The summed E-state index contributed by atoms with van der Waals surface area (Å²) < 4.78 is 5.11. The monoisotopic (exact) mass is 254 g/mol. The molecule has 1 aliphatic rings. The van der Waals surface area contributed by atoms with Gasteiger partial charge in [-0.3, -0.25) is 4.99 Å². The van der Waals surface area contributed by atoms with Gasteiger partial charge in [-0.25, -0.2) is 9.79 Å². The van der Waals surface area contributed by atoms with E-state index in [1.807, 2.05) is 27.0 Å². The van der Waals surface area contributed by atoms with E-state index in [1.165, 1.54) is 0 Å². The topological polar surface area (TPSA) is 75.1 Å². The highest BCUT2D eigenvalue weighted by Crippen LogP contribution is 2.05. The number of carbonyl (C=O) groups is 1. The number of rotatable bonds is 3. The highest BCUT2D eigenvalue weighted by molar-refractivity contribution is 5.89. The van der Waals surface area contributed by atoms with Crippen LogP contribution in [0.2, 0.25) is 0 Å². The van der Waals surface area contributed by atoms with Crippen molar-refractivity contribution in [3.05, 3.63) is 0 Å². The fourth-order valence-electron chi connectivity index (χ4n) is 1.27. The van der Waals surface area contributed by atoms with E-state index in [2.05, 4.69) is 27.5 Å². The molecule has 102 valence electrons. The molecule has 1 amide bonds. The van der Waals surface area contributed by atoms with Gasteiger partial charge in [0.2, 0.25) is 5.96 Å². The Hall–Kier alpha value is -1.59. The quantitative estimate of drug-likeness (QED) is 0.742. The van der Waals surface area contributed by atoms with Crippen LogP contribution in [0.1, 0.15) is 27.7 Å². The van der Waals surface area contributed by atoms with Crippen molar-refractivity contribution in [1.82, 2.24) is 10.6 Å². The van der Waals surface area contributed by atoms with Crippen molar-refractivity contribution in [3.8, 4) is 0 Å². The molecule has 0 saturated heterocycles. The largest absolute Gasteiger partial charge is 0.444 e. The van der Waals surface area contributed by atoms with Gasteiger partial charge in [-0.2, -0.15) is 0 Å². The van der Waals surface area contributed by atoms with Gasteiger partial charge in [0.15, 0.2) is 0 Å². The number of nitrogens with zero attached hydrogens (tertiary/aromatic N) is 2. The first-order valence-corrected chi connectivity index (χ1v) is 6.16. The Morgan fingerprint density at radius 3 is 2.78 bits per heavy atom. The smallest absolute Gasteiger partial charge is 0.407 e. The molecule has 1 aliphatic heterocycles. The molecule has 0 aromatic heterocycles. The summed E-state index contributed by atoms with van der Waals surface area (Å²) in [5.41, 5.74) is -0.467. The second kappa shape index (κ2) is 6.37. The van der Waals surface area contributed by atoms with Gasteiger partial charge in [0, 0.05) is 25.2 Å². The molecule has 6 nitrogen and oxygen atoms in total. The highest BCUT2D eigenvalue weighted by Gasteiger charge is 2.15. The zero-order valence-electron chi connectivity index (χ0n) is 11.5. The van der Waals surface area contributed by atoms with Gasteiger partial charge in [-0.15, -0.1) is 0 Å². The number of nitrogens with one attached hydrogen (secondary N) is 2. The zero-order chi connectivity index (χ0) is 13.6. The van der Waals surface area contributed by atoms with Gasteiger partial charge < -0.3 is 15.4 Å². The summed E-state index contributed by atoms with van der Waals surface area (Å²) in [5.74, 6) is 1.02. The summed E-state index contributed by atoms with van der Waals surface area (Å²) in [5, 5.41) is 5.70. The maximum Gasteiger partial charge on any atom is 0.407 e. The minimum Gasteiger partial charge on any atom is -0.444 e. The van der Waals surface area contributed by atoms with Crippen LogP contribution >= 0.6 is 0 Å². The van der Waals surface area contributed by atoms with Crippen LogP contribution in [0.3, 0.4) is 0 Å². The number of alkyl carbamates (subject to hydrolysis) is 1. The maximum absolute atomic E-state index is 11.3. The van der Waals surface area contributed by atoms with Crippen LogP contribution in [0, 0.1) is 5.92 Å². The Morgan fingerprint density at radius 1 is 1.50 bits per heavy atom. The average Bonchev–Trinajstić information content (AvgIpc) is 2.24. The van der Waals surface area contributed by atoms with Crippen LogP contribution in [-0.4, -0.2) is 43.5 Å². The number of carbonyl (C=O) groups excluding carboxylic acids is 1. The normalized spacial score (nSPS) is 19.1. The Labute approximate surface area is 108 Å². The molecule has 1 atom stereocenters. The zero-order valence-corrected chi connectivity index (χ0v) is 11.5. The second-order valence-electron chi connectivity index (χ2n) is 5.28. The van der Waals surface area contributed by atoms with Gasteiger partial charge in [-0.1, -0.05) is 6.92 Å². The van der Waals surface area contributed by atoms with Crippen LogP contribution in [0.5, 0.6) is 0 Å². The minimum atomic E-state index is -0.467. The third-order valence-electron chi connectivity index (χ3n) is 2.06. The molecule has 0 aliphatic carbocycles. The van der Waals surface area contributed by atoms with E-state index in [4.69, 9.17) is 4.74 Å². The summed E-state index contributed by atoms with van der Waals surface area (Å²) in [6.45, 7) is 9.36. The van der Waals surface area contributed by atoms with Gasteiger partial charge in [-0.05, 0) is 20.8 Å². The molecule has 0 saturated carbocycles. The van der Waals surface area contributed by atoms with Crippen LogP contribution in [0.25, 0.3) is 0 Å². The molecule has 6 heteroatoms. The van der Waals surface area contributed by atoms with Crippen molar-refractivity contribution in [1.29, 1.82) is 0 Å². The summed E-state index contributed by atoms with van der Waals surface area (Å²) in [7, 11) is 0. The lowest BCUT2D eigenvalue weighted by Gasteiger charge is -2.19. The Bertz CT molecular complexity index is 344. The standard InChI is InChI=1S/C12H22N4O2/c1-9-7-15-10(16-8-9)13-5-6-14-11(17)18-12(2,3)4/h7,9H,5-6,8H2,1-4H3,(H,13,16)(H,14,17). The highest BCUT2D eigenvalue weighted by atomic mass is 16.6. The van der Waals surface area contributed by atoms with Crippen LogP contribution in [-0.2, 0) is 4.74 Å². The van der Waals surface area contributed by atoms with E-state index in [-0.39, 0.29) is 0 Å². The molecule has 0 aromatic rings. The number of guanidine groups is 1. The predicted molar refractivity (Wildman–Crippen MR) is 72.2 cm³/mol. The van der Waals surface area contributed by atoms with E-state index < -0.39 is 11.7 Å². The summed E-state index contributed by atoms with van der Waals surface area (Å²) in [6.07, 6.45) is 1.46. The minimum absolute atomic E-state index is 0.399. The van der Waals surface area contributed by atoms with Crippen molar-refractivity contribution < 1.29 is 9.53 Å². The van der Waals surface area contributed by atoms with E-state index in [1.54, 1.807) is 0 Å². The predicted octanol–water partition coefficient (Wildman–Crippen LogP) is 1.18. The lowest BCUT2D eigenvalue weighted by atomic mass is 10.2. The first-order chi connectivity index (χ1) is 8.37. The molecule has 18 heavy (non-hydrogen) atoms. The molecule has 1 unspecified atom stereocenters. The third kappa shape index (κ3) is 6.22. The lowest BCUT2D eigenvalue weighted by Crippen LogP contribution is -2.38. The van der Waals surface area contributed by atoms with Crippen molar-refractivity contribution in [2.24, 2.45) is 15.9 Å².